The molecule has 3 atom stereocenters. The van der Waals surface area contributed by atoms with Gasteiger partial charge in [0.1, 0.15) is 10.7 Å². The van der Waals surface area contributed by atoms with E-state index in [1.54, 1.807) is 6.92 Å². The van der Waals surface area contributed by atoms with Gasteiger partial charge < -0.3 is 0 Å². The third-order valence-corrected chi connectivity index (χ3v) is 6.90. The van der Waals surface area contributed by atoms with Crippen molar-refractivity contribution in [3.05, 3.63) is 0 Å². The largest absolute Gasteiger partial charge is 0.298 e. The molecule has 3 unspecified atom stereocenters. The van der Waals surface area contributed by atoms with Gasteiger partial charge in [0.05, 0.1) is 0 Å². The first-order valence-electron chi connectivity index (χ1n) is 6.95. The van der Waals surface area contributed by atoms with E-state index in [-0.39, 0.29) is 18.1 Å². The molecule has 2 fully saturated rings. The zero-order chi connectivity index (χ0) is 15.3. The highest BCUT2D eigenvalue weighted by Crippen LogP contribution is 2.43. The van der Waals surface area contributed by atoms with Crippen LogP contribution < -0.4 is 0 Å². The summed E-state index contributed by atoms with van der Waals surface area (Å²) in [5.74, 6) is -3.61. The Kier molecular flexibility index (Phi) is 3.65. The molecule has 2 aliphatic carbocycles. The van der Waals surface area contributed by atoms with E-state index >= 15 is 0 Å². The van der Waals surface area contributed by atoms with E-state index in [4.69, 9.17) is 0 Å². The van der Waals surface area contributed by atoms with Crippen molar-refractivity contribution in [2.45, 2.75) is 44.3 Å². The molecule has 0 aromatic heterocycles. The Morgan fingerprint density at radius 3 is 2.25 bits per heavy atom. The summed E-state index contributed by atoms with van der Waals surface area (Å²) in [4.78, 5) is 36.9. The summed E-state index contributed by atoms with van der Waals surface area (Å²) in [5, 5.41) is 0. The molecule has 0 N–H and O–H groups in total. The van der Waals surface area contributed by atoms with E-state index in [0.717, 1.165) is 6.26 Å². The lowest BCUT2D eigenvalue weighted by atomic mass is 9.69. The first-order chi connectivity index (χ1) is 9.14. The summed E-state index contributed by atoms with van der Waals surface area (Å²) in [7, 11) is -3.69. The second kappa shape index (κ2) is 4.76. The molecule has 112 valence electrons. The molecule has 0 aromatic rings. The van der Waals surface area contributed by atoms with Crippen LogP contribution in [0.2, 0.25) is 0 Å². The molecule has 0 saturated heterocycles. The SMILES string of the molecule is CCC1CC(=O)C(C(=O)C2CC2)C(=O)C1(C)S(C)(=O)=O. The first-order valence-corrected chi connectivity index (χ1v) is 8.84. The van der Waals surface area contributed by atoms with E-state index in [2.05, 4.69) is 0 Å². The lowest BCUT2D eigenvalue weighted by Gasteiger charge is -2.40. The van der Waals surface area contributed by atoms with Gasteiger partial charge in [-0.3, -0.25) is 14.4 Å². The topological polar surface area (TPSA) is 85.3 Å². The average Bonchev–Trinajstić information content (AvgIpc) is 3.16. The van der Waals surface area contributed by atoms with Crippen LogP contribution in [0.5, 0.6) is 0 Å². The Labute approximate surface area is 119 Å². The van der Waals surface area contributed by atoms with Gasteiger partial charge in [0.15, 0.2) is 27.2 Å². The van der Waals surface area contributed by atoms with Crippen molar-refractivity contribution in [1.29, 1.82) is 0 Å². The van der Waals surface area contributed by atoms with Crippen LogP contribution in [0.4, 0.5) is 0 Å². The highest BCUT2D eigenvalue weighted by Gasteiger charge is 2.59. The molecule has 6 heteroatoms. The summed E-state index contributed by atoms with van der Waals surface area (Å²) < 4.78 is 22.6. The van der Waals surface area contributed by atoms with Gasteiger partial charge in [-0.25, -0.2) is 8.42 Å². The van der Waals surface area contributed by atoms with E-state index < -0.39 is 38.0 Å². The summed E-state index contributed by atoms with van der Waals surface area (Å²) >= 11 is 0. The smallest absolute Gasteiger partial charge is 0.171 e. The fourth-order valence-corrected chi connectivity index (χ4v) is 4.44. The molecule has 20 heavy (non-hydrogen) atoms. The van der Waals surface area contributed by atoms with Gasteiger partial charge in [-0.1, -0.05) is 13.3 Å². The minimum absolute atomic E-state index is 0.00502. The fraction of sp³-hybridized carbons (Fsp3) is 0.786. The molecule has 0 aromatic carbocycles. The second-order valence-corrected chi connectivity index (χ2v) is 8.52. The van der Waals surface area contributed by atoms with Crippen molar-refractivity contribution < 1.29 is 22.8 Å². The van der Waals surface area contributed by atoms with Crippen molar-refractivity contribution in [3.63, 3.8) is 0 Å². The summed E-state index contributed by atoms with van der Waals surface area (Å²) in [6, 6.07) is 0. The van der Waals surface area contributed by atoms with Crippen LogP contribution in [0.1, 0.15) is 39.5 Å². The zero-order valence-corrected chi connectivity index (χ0v) is 12.8. The van der Waals surface area contributed by atoms with Crippen molar-refractivity contribution >= 4 is 27.2 Å². The molecule has 0 radical (unpaired) electrons. The summed E-state index contributed by atoms with van der Waals surface area (Å²) in [6.07, 6.45) is 2.83. The minimum atomic E-state index is -3.69. The normalized spacial score (nSPS) is 35.1. The van der Waals surface area contributed by atoms with E-state index in [0.29, 0.717) is 19.3 Å². The van der Waals surface area contributed by atoms with E-state index in [1.807, 2.05) is 0 Å². The predicted octanol–water partition coefficient (Wildman–Crippen LogP) is 0.953. The second-order valence-electron chi connectivity index (χ2n) is 6.13. The van der Waals surface area contributed by atoms with Crippen LogP contribution in [0.25, 0.3) is 0 Å². The standard InChI is InChI=1S/C14H20O5S/c1-4-9-7-10(15)11(12(16)8-5-6-8)13(17)14(9,2)20(3,18)19/h8-9,11H,4-7H2,1-3H3. The van der Waals surface area contributed by atoms with Gasteiger partial charge >= 0.3 is 0 Å². The molecule has 0 amide bonds. The fourth-order valence-electron chi connectivity index (χ4n) is 3.10. The Bertz CT molecular complexity index is 572. The quantitative estimate of drug-likeness (QED) is 0.722. The Hall–Kier alpha value is -1.04. The molecule has 0 spiro atoms. The van der Waals surface area contributed by atoms with Gasteiger partial charge in [0.2, 0.25) is 0 Å². The molecule has 2 rings (SSSR count). The lowest BCUT2D eigenvalue weighted by molar-refractivity contribution is -0.145. The molecule has 5 nitrogen and oxygen atoms in total. The number of carbonyl (C=O) groups is 3. The summed E-state index contributed by atoms with van der Waals surface area (Å²) in [5.41, 5.74) is 0. The molecule has 0 bridgehead atoms. The molecular weight excluding hydrogens is 280 g/mol. The van der Waals surface area contributed by atoms with Crippen molar-refractivity contribution in [2.75, 3.05) is 6.26 Å². The van der Waals surface area contributed by atoms with Crippen LogP contribution in [-0.2, 0) is 24.2 Å². The maximum atomic E-state index is 12.6. The van der Waals surface area contributed by atoms with Gasteiger partial charge in [0, 0.05) is 18.6 Å². The summed E-state index contributed by atoms with van der Waals surface area (Å²) in [6.45, 7) is 3.14. The third kappa shape index (κ3) is 2.14. The number of Topliss-reactive ketones (excluding diaryl/α,β-unsaturated/α-hetero) is 3. The van der Waals surface area contributed by atoms with E-state index in [9.17, 15) is 22.8 Å². The van der Waals surface area contributed by atoms with Gasteiger partial charge in [-0.05, 0) is 25.7 Å². The first kappa shape index (κ1) is 15.4. The van der Waals surface area contributed by atoms with Crippen LogP contribution in [0, 0.1) is 17.8 Å². The predicted molar refractivity (Wildman–Crippen MR) is 72.9 cm³/mol. The van der Waals surface area contributed by atoms with Crippen molar-refractivity contribution in [1.82, 2.24) is 0 Å². The molecular formula is C14H20O5S. The number of hydrogen-bond donors (Lipinski definition) is 0. The van der Waals surface area contributed by atoms with Crippen LogP contribution in [0.15, 0.2) is 0 Å². The number of carbonyl (C=O) groups excluding carboxylic acids is 3. The van der Waals surface area contributed by atoms with E-state index in [1.165, 1.54) is 6.92 Å². The Morgan fingerprint density at radius 1 is 1.30 bits per heavy atom. The lowest BCUT2D eigenvalue weighted by Crippen LogP contribution is -2.59. The number of sulfone groups is 1. The highest BCUT2D eigenvalue weighted by molar-refractivity contribution is 7.92. The minimum Gasteiger partial charge on any atom is -0.298 e. The number of hydrogen-bond acceptors (Lipinski definition) is 5. The molecule has 0 heterocycles. The number of ketones is 3. The van der Waals surface area contributed by atoms with Crippen LogP contribution >= 0.6 is 0 Å². The van der Waals surface area contributed by atoms with Crippen LogP contribution in [0.3, 0.4) is 0 Å². The average molecular weight is 300 g/mol. The van der Waals surface area contributed by atoms with Crippen molar-refractivity contribution in [2.24, 2.45) is 17.8 Å². The number of rotatable bonds is 4. The van der Waals surface area contributed by atoms with Crippen molar-refractivity contribution in [3.8, 4) is 0 Å². The third-order valence-electron chi connectivity index (χ3n) is 4.83. The van der Waals surface area contributed by atoms with Gasteiger partial charge in [0.25, 0.3) is 0 Å². The molecule has 0 aliphatic heterocycles. The zero-order valence-electron chi connectivity index (χ0n) is 12.0. The highest BCUT2D eigenvalue weighted by atomic mass is 32.2. The Balaban J connectivity index is 2.47. The maximum Gasteiger partial charge on any atom is 0.171 e. The Morgan fingerprint density at radius 2 is 1.85 bits per heavy atom. The molecule has 2 aliphatic rings. The van der Waals surface area contributed by atoms with Gasteiger partial charge in [-0.2, -0.15) is 0 Å². The van der Waals surface area contributed by atoms with Crippen LogP contribution in [-0.4, -0.2) is 36.8 Å². The monoisotopic (exact) mass is 300 g/mol. The van der Waals surface area contributed by atoms with Gasteiger partial charge in [-0.15, -0.1) is 0 Å². The molecule has 2 saturated carbocycles. The maximum absolute atomic E-state index is 12.6.